The largest absolute Gasteiger partial charge is 0.495 e. The van der Waals surface area contributed by atoms with Gasteiger partial charge in [0.05, 0.1) is 35.4 Å². The van der Waals surface area contributed by atoms with Crippen LogP contribution in [0.1, 0.15) is 24.0 Å². The molecular formula is C28H24ClN3O2S. The Morgan fingerprint density at radius 3 is 2.49 bits per heavy atom. The Bertz CT molecular complexity index is 1350. The number of rotatable bonds is 7. The fourth-order valence-electron chi connectivity index (χ4n) is 4.01. The molecular weight excluding hydrogens is 478 g/mol. The smallest absolute Gasteiger partial charge is 0.254 e. The molecule has 5 nitrogen and oxygen atoms in total. The molecule has 0 radical (unpaired) electrons. The second kappa shape index (κ2) is 11.2. The summed E-state index contributed by atoms with van der Waals surface area (Å²) in [6.45, 7) is 1.86. The number of hydrogen-bond donors (Lipinski definition) is 2. The maximum Gasteiger partial charge on any atom is 0.254 e. The standard InChI is InChI=1S/C28H24ClN3O2S/c1-18-25(27(33)32-23-14-8-9-15-24(23)34-2)26(19-10-4-3-5-11-19)21(16-30)28(31-18)35-17-20-12-6-7-13-22(20)29/h3-15,26,31H,17H2,1-2H3,(H,32,33)/t26-/m0/s1. The number of anilines is 1. The predicted molar refractivity (Wildman–Crippen MR) is 142 cm³/mol. The topological polar surface area (TPSA) is 74.2 Å². The second-order valence-corrected chi connectivity index (χ2v) is 9.29. The van der Waals surface area contributed by atoms with Gasteiger partial charge in [0.25, 0.3) is 5.91 Å². The van der Waals surface area contributed by atoms with Gasteiger partial charge in [-0.1, -0.05) is 72.3 Å². The Balaban J connectivity index is 1.72. The molecule has 0 fully saturated rings. The zero-order valence-electron chi connectivity index (χ0n) is 19.3. The van der Waals surface area contributed by atoms with Gasteiger partial charge in [0.1, 0.15) is 5.75 Å². The summed E-state index contributed by atoms with van der Waals surface area (Å²) in [5.41, 5.74) is 4.07. The van der Waals surface area contributed by atoms with Crippen molar-refractivity contribution in [2.45, 2.75) is 18.6 Å². The summed E-state index contributed by atoms with van der Waals surface area (Å²) in [7, 11) is 1.56. The number of para-hydroxylation sites is 2. The Kier molecular flexibility index (Phi) is 7.81. The highest BCUT2D eigenvalue weighted by molar-refractivity contribution is 8.02. The van der Waals surface area contributed by atoms with Crippen LogP contribution < -0.4 is 15.4 Å². The third-order valence-corrected chi connectivity index (χ3v) is 7.14. The lowest BCUT2D eigenvalue weighted by atomic mass is 9.82. The maximum atomic E-state index is 13.6. The van der Waals surface area contributed by atoms with Crippen molar-refractivity contribution in [3.8, 4) is 11.8 Å². The minimum absolute atomic E-state index is 0.295. The van der Waals surface area contributed by atoms with Crippen LogP contribution in [0, 0.1) is 11.3 Å². The number of ether oxygens (including phenoxy) is 1. The number of carbonyl (C=O) groups excluding carboxylic acids is 1. The molecule has 3 aromatic rings. The molecule has 0 saturated carbocycles. The van der Waals surface area contributed by atoms with Crippen LogP contribution in [0.15, 0.2) is 101 Å². The molecule has 35 heavy (non-hydrogen) atoms. The van der Waals surface area contributed by atoms with Gasteiger partial charge in [0, 0.05) is 22.0 Å². The van der Waals surface area contributed by atoms with Crippen molar-refractivity contribution < 1.29 is 9.53 Å². The molecule has 0 spiro atoms. The van der Waals surface area contributed by atoms with E-state index in [0.29, 0.717) is 44.1 Å². The Hall–Kier alpha value is -3.66. The average molecular weight is 502 g/mol. The van der Waals surface area contributed by atoms with Crippen molar-refractivity contribution in [1.82, 2.24) is 5.32 Å². The molecule has 3 aromatic carbocycles. The van der Waals surface area contributed by atoms with Crippen molar-refractivity contribution in [2.24, 2.45) is 0 Å². The molecule has 4 rings (SSSR count). The van der Waals surface area contributed by atoms with E-state index in [4.69, 9.17) is 16.3 Å². The second-order valence-electron chi connectivity index (χ2n) is 7.90. The number of nitrogens with one attached hydrogen (secondary N) is 2. The zero-order valence-corrected chi connectivity index (χ0v) is 20.9. The minimum atomic E-state index is -0.522. The summed E-state index contributed by atoms with van der Waals surface area (Å²) in [4.78, 5) is 13.6. The molecule has 0 saturated heterocycles. The van der Waals surface area contributed by atoms with Gasteiger partial charge in [0.15, 0.2) is 0 Å². The lowest BCUT2D eigenvalue weighted by Gasteiger charge is -2.30. The van der Waals surface area contributed by atoms with Crippen molar-refractivity contribution >= 4 is 35.0 Å². The molecule has 7 heteroatoms. The van der Waals surface area contributed by atoms with Crippen molar-refractivity contribution in [1.29, 1.82) is 5.26 Å². The van der Waals surface area contributed by atoms with E-state index in [1.165, 1.54) is 11.8 Å². The lowest BCUT2D eigenvalue weighted by Crippen LogP contribution is -2.30. The first kappa shape index (κ1) is 24.5. The van der Waals surface area contributed by atoms with Crippen molar-refractivity contribution in [2.75, 3.05) is 12.4 Å². The quantitative estimate of drug-likeness (QED) is 0.380. The molecule has 0 unspecified atom stereocenters. The Labute approximate surface area is 214 Å². The number of hydrogen-bond acceptors (Lipinski definition) is 5. The van der Waals surface area contributed by atoms with Crippen molar-refractivity contribution in [3.05, 3.63) is 117 Å². The van der Waals surface area contributed by atoms with Gasteiger partial charge in [-0.3, -0.25) is 4.79 Å². The monoisotopic (exact) mass is 501 g/mol. The molecule has 2 N–H and O–H groups in total. The van der Waals surface area contributed by atoms with Gasteiger partial charge in [-0.05, 0) is 36.2 Å². The van der Waals surface area contributed by atoms with Crippen LogP contribution in [0.25, 0.3) is 0 Å². The SMILES string of the molecule is COc1ccccc1NC(=O)C1=C(C)NC(SCc2ccccc2Cl)=C(C#N)[C@@H]1c1ccccc1. The summed E-state index contributed by atoms with van der Waals surface area (Å²) in [5, 5.41) is 17.9. The van der Waals surface area contributed by atoms with Crippen LogP contribution >= 0.6 is 23.4 Å². The number of amides is 1. The van der Waals surface area contributed by atoms with Crippen molar-refractivity contribution in [3.63, 3.8) is 0 Å². The number of nitrogens with zero attached hydrogens (tertiary/aromatic N) is 1. The highest BCUT2D eigenvalue weighted by atomic mass is 35.5. The summed E-state index contributed by atoms with van der Waals surface area (Å²) < 4.78 is 5.39. The van der Waals surface area contributed by atoms with Crippen LogP contribution in [0.4, 0.5) is 5.69 Å². The highest BCUT2D eigenvalue weighted by Gasteiger charge is 2.34. The number of halogens is 1. The number of allylic oxidation sites excluding steroid dienone is 2. The van der Waals surface area contributed by atoms with Crippen LogP contribution in [0.5, 0.6) is 5.75 Å². The third kappa shape index (κ3) is 5.37. The third-order valence-electron chi connectivity index (χ3n) is 5.71. The number of dihydropyridines is 1. The molecule has 1 aliphatic heterocycles. The van der Waals surface area contributed by atoms with Crippen LogP contribution in [-0.2, 0) is 10.5 Å². The fraction of sp³-hybridized carbons (Fsp3) is 0.143. The molecule has 0 bridgehead atoms. The molecule has 1 amide bonds. The maximum absolute atomic E-state index is 13.6. The number of methoxy groups -OCH3 is 1. The van der Waals surface area contributed by atoms with E-state index >= 15 is 0 Å². The van der Waals surface area contributed by atoms with E-state index in [0.717, 1.165) is 11.1 Å². The first-order chi connectivity index (χ1) is 17.0. The summed E-state index contributed by atoms with van der Waals surface area (Å²) >= 11 is 7.84. The summed E-state index contributed by atoms with van der Waals surface area (Å²) in [6, 6.07) is 26.9. The van der Waals surface area contributed by atoms with E-state index in [1.807, 2.05) is 73.7 Å². The van der Waals surface area contributed by atoms with Gasteiger partial charge in [-0.25, -0.2) is 0 Å². The van der Waals surface area contributed by atoms with Gasteiger partial charge in [-0.15, -0.1) is 11.8 Å². The minimum Gasteiger partial charge on any atom is -0.495 e. The highest BCUT2D eigenvalue weighted by Crippen LogP contribution is 2.42. The van der Waals surface area contributed by atoms with Gasteiger partial charge >= 0.3 is 0 Å². The van der Waals surface area contributed by atoms with Crippen LogP contribution in [0.2, 0.25) is 5.02 Å². The van der Waals surface area contributed by atoms with E-state index in [2.05, 4.69) is 16.7 Å². The fourth-order valence-corrected chi connectivity index (χ4v) is 5.39. The van der Waals surface area contributed by atoms with Gasteiger partial charge in [-0.2, -0.15) is 5.26 Å². The zero-order chi connectivity index (χ0) is 24.8. The average Bonchev–Trinajstić information content (AvgIpc) is 2.88. The summed E-state index contributed by atoms with van der Waals surface area (Å²) in [6.07, 6.45) is 0. The predicted octanol–water partition coefficient (Wildman–Crippen LogP) is 6.62. The van der Waals surface area contributed by atoms with Gasteiger partial charge in [0.2, 0.25) is 0 Å². The number of benzene rings is 3. The van der Waals surface area contributed by atoms with Crippen LogP contribution in [0.3, 0.4) is 0 Å². The molecule has 176 valence electrons. The van der Waals surface area contributed by atoms with E-state index in [9.17, 15) is 10.1 Å². The van der Waals surface area contributed by atoms with E-state index in [1.54, 1.807) is 19.2 Å². The Morgan fingerprint density at radius 2 is 1.77 bits per heavy atom. The van der Waals surface area contributed by atoms with Crippen LogP contribution in [-0.4, -0.2) is 13.0 Å². The first-order valence-electron chi connectivity index (χ1n) is 11.0. The molecule has 1 heterocycles. The number of nitriles is 1. The van der Waals surface area contributed by atoms with E-state index in [-0.39, 0.29) is 5.91 Å². The Morgan fingerprint density at radius 1 is 1.09 bits per heavy atom. The molecule has 1 aliphatic rings. The first-order valence-corrected chi connectivity index (χ1v) is 12.4. The lowest BCUT2D eigenvalue weighted by molar-refractivity contribution is -0.113. The molecule has 0 aliphatic carbocycles. The number of thioether (sulfide) groups is 1. The number of carbonyl (C=O) groups is 1. The van der Waals surface area contributed by atoms with Gasteiger partial charge < -0.3 is 15.4 Å². The summed E-state index contributed by atoms with van der Waals surface area (Å²) in [5.74, 6) is 0.332. The van der Waals surface area contributed by atoms with E-state index < -0.39 is 5.92 Å². The molecule has 0 aromatic heterocycles. The normalized spacial score (nSPS) is 15.3. The molecule has 1 atom stereocenters.